The van der Waals surface area contributed by atoms with Crippen molar-refractivity contribution in [1.82, 2.24) is 9.97 Å². The summed E-state index contributed by atoms with van der Waals surface area (Å²) in [5.74, 6) is -0.551. The average Bonchev–Trinajstić information content (AvgIpc) is 2.57. The van der Waals surface area contributed by atoms with Crippen molar-refractivity contribution in [3.8, 4) is 0 Å². The highest BCUT2D eigenvalue weighted by molar-refractivity contribution is 6.42. The summed E-state index contributed by atoms with van der Waals surface area (Å²) in [4.78, 5) is 8.72. The number of alkyl halides is 3. The quantitative estimate of drug-likeness (QED) is 0.649. The van der Waals surface area contributed by atoms with Gasteiger partial charge in [0.2, 0.25) is 5.95 Å². The van der Waals surface area contributed by atoms with Crippen LogP contribution in [0.15, 0.2) is 24.4 Å². The molecule has 0 spiro atoms. The molecule has 0 aliphatic heterocycles. The summed E-state index contributed by atoms with van der Waals surface area (Å²) in [6.07, 6.45) is -4.05. The minimum Gasteiger partial charge on any atom is -0.395 e. The van der Waals surface area contributed by atoms with E-state index in [-0.39, 0.29) is 24.1 Å². The molecule has 142 valence electrons. The molecule has 1 aromatic heterocycles. The number of aliphatic hydroxyl groups is 2. The standard InChI is InChI=1S/C15H15Cl2F3N4O2/c16-11-2-1-9(7-12(11)17)22-14-21-8-10(15(18,19)20)13(23-14)24(3-5-25)4-6-26/h1-2,7-8,25-26H,3-6H2,(H,21,22,23). The van der Waals surface area contributed by atoms with E-state index in [0.717, 1.165) is 4.90 Å². The van der Waals surface area contributed by atoms with Crippen molar-refractivity contribution in [2.75, 3.05) is 36.5 Å². The molecule has 3 N–H and O–H groups in total. The summed E-state index contributed by atoms with van der Waals surface area (Å²) in [5.41, 5.74) is -0.639. The van der Waals surface area contributed by atoms with Crippen LogP contribution in [-0.2, 0) is 6.18 Å². The van der Waals surface area contributed by atoms with Gasteiger partial charge >= 0.3 is 6.18 Å². The highest BCUT2D eigenvalue weighted by atomic mass is 35.5. The number of benzene rings is 1. The van der Waals surface area contributed by atoms with Crippen molar-refractivity contribution in [1.29, 1.82) is 0 Å². The lowest BCUT2D eigenvalue weighted by molar-refractivity contribution is -0.137. The molecule has 11 heteroatoms. The van der Waals surface area contributed by atoms with Gasteiger partial charge in [-0.3, -0.25) is 0 Å². The maximum absolute atomic E-state index is 13.3. The monoisotopic (exact) mass is 410 g/mol. The molecule has 0 radical (unpaired) electrons. The number of hydrogen-bond acceptors (Lipinski definition) is 6. The number of halogens is 5. The van der Waals surface area contributed by atoms with Gasteiger partial charge in [-0.25, -0.2) is 4.98 Å². The first kappa shape index (κ1) is 20.5. The lowest BCUT2D eigenvalue weighted by Crippen LogP contribution is -2.32. The van der Waals surface area contributed by atoms with E-state index in [2.05, 4.69) is 15.3 Å². The van der Waals surface area contributed by atoms with Crippen LogP contribution in [0.1, 0.15) is 5.56 Å². The summed E-state index contributed by atoms with van der Waals surface area (Å²) in [6, 6.07) is 4.55. The van der Waals surface area contributed by atoms with Crippen LogP contribution in [0.5, 0.6) is 0 Å². The number of aliphatic hydroxyl groups excluding tert-OH is 2. The van der Waals surface area contributed by atoms with E-state index in [9.17, 15) is 13.2 Å². The van der Waals surface area contributed by atoms with Crippen LogP contribution in [0.3, 0.4) is 0 Å². The molecule has 0 atom stereocenters. The van der Waals surface area contributed by atoms with Crippen LogP contribution in [0.4, 0.5) is 30.6 Å². The van der Waals surface area contributed by atoms with E-state index in [1.165, 1.54) is 12.1 Å². The lowest BCUT2D eigenvalue weighted by Gasteiger charge is -2.25. The Morgan fingerprint density at radius 3 is 2.27 bits per heavy atom. The first-order chi connectivity index (χ1) is 12.3. The summed E-state index contributed by atoms with van der Waals surface area (Å²) < 4.78 is 39.8. The number of nitrogens with zero attached hydrogens (tertiary/aromatic N) is 3. The van der Waals surface area contributed by atoms with E-state index in [0.29, 0.717) is 16.9 Å². The van der Waals surface area contributed by atoms with Crippen molar-refractivity contribution >= 4 is 40.7 Å². The molecule has 0 saturated heterocycles. The van der Waals surface area contributed by atoms with Gasteiger partial charge in [0.1, 0.15) is 11.4 Å². The molecule has 1 heterocycles. The second kappa shape index (κ2) is 8.72. The van der Waals surface area contributed by atoms with Crippen molar-refractivity contribution in [3.05, 3.63) is 40.0 Å². The van der Waals surface area contributed by atoms with E-state index >= 15 is 0 Å². The molecule has 0 aliphatic rings. The molecule has 2 aromatic rings. The van der Waals surface area contributed by atoms with Crippen LogP contribution < -0.4 is 10.2 Å². The van der Waals surface area contributed by atoms with Gasteiger partial charge in [-0.1, -0.05) is 23.2 Å². The summed E-state index contributed by atoms with van der Waals surface area (Å²) >= 11 is 11.7. The van der Waals surface area contributed by atoms with Gasteiger partial charge in [-0.05, 0) is 18.2 Å². The van der Waals surface area contributed by atoms with E-state index in [1.54, 1.807) is 6.07 Å². The van der Waals surface area contributed by atoms with Gasteiger partial charge in [-0.2, -0.15) is 18.2 Å². The number of nitrogens with one attached hydrogen (secondary N) is 1. The summed E-state index contributed by atoms with van der Waals surface area (Å²) in [6.45, 7) is -1.08. The molecule has 0 amide bonds. The number of anilines is 3. The predicted molar refractivity (Wildman–Crippen MR) is 93.2 cm³/mol. The number of rotatable bonds is 7. The molecule has 26 heavy (non-hydrogen) atoms. The highest BCUT2D eigenvalue weighted by Gasteiger charge is 2.36. The third-order valence-corrected chi connectivity index (χ3v) is 4.03. The minimum absolute atomic E-state index is 0.104. The maximum Gasteiger partial charge on any atom is 0.421 e. The topological polar surface area (TPSA) is 81.5 Å². The Bertz CT molecular complexity index is 756. The molecule has 0 fully saturated rings. The third kappa shape index (κ3) is 5.10. The van der Waals surface area contributed by atoms with E-state index in [1.807, 2.05) is 0 Å². The zero-order valence-electron chi connectivity index (χ0n) is 13.3. The Kier molecular flexibility index (Phi) is 6.87. The van der Waals surface area contributed by atoms with Gasteiger partial charge in [0.15, 0.2) is 0 Å². The Balaban J connectivity index is 2.42. The second-order valence-corrected chi connectivity index (χ2v) is 5.93. The molecule has 0 unspecified atom stereocenters. The lowest BCUT2D eigenvalue weighted by atomic mass is 10.2. The second-order valence-electron chi connectivity index (χ2n) is 5.12. The van der Waals surface area contributed by atoms with Crippen LogP contribution in [0, 0.1) is 0 Å². The predicted octanol–water partition coefficient (Wildman–Crippen LogP) is 3.34. The van der Waals surface area contributed by atoms with Gasteiger partial charge in [0, 0.05) is 25.0 Å². The Morgan fingerprint density at radius 1 is 1.08 bits per heavy atom. The fourth-order valence-corrected chi connectivity index (χ4v) is 2.44. The molecule has 1 aromatic carbocycles. The first-order valence-corrected chi connectivity index (χ1v) is 8.15. The Morgan fingerprint density at radius 2 is 1.73 bits per heavy atom. The molecule has 2 rings (SSSR count). The minimum atomic E-state index is -4.69. The van der Waals surface area contributed by atoms with E-state index in [4.69, 9.17) is 33.4 Å². The molecule has 0 bridgehead atoms. The average molecular weight is 411 g/mol. The van der Waals surface area contributed by atoms with Gasteiger partial charge < -0.3 is 20.4 Å². The van der Waals surface area contributed by atoms with Crippen LogP contribution in [-0.4, -0.2) is 46.5 Å². The molecule has 6 nitrogen and oxygen atoms in total. The SMILES string of the molecule is OCCN(CCO)c1nc(Nc2ccc(Cl)c(Cl)c2)ncc1C(F)(F)F. The van der Waals surface area contributed by atoms with Crippen molar-refractivity contribution in [2.24, 2.45) is 0 Å². The zero-order chi connectivity index (χ0) is 19.3. The maximum atomic E-state index is 13.3. The van der Waals surface area contributed by atoms with Gasteiger partial charge in [0.05, 0.1) is 23.3 Å². The number of hydrogen-bond donors (Lipinski definition) is 3. The third-order valence-electron chi connectivity index (χ3n) is 3.29. The highest BCUT2D eigenvalue weighted by Crippen LogP contribution is 2.36. The Labute approximate surface area is 157 Å². The first-order valence-electron chi connectivity index (χ1n) is 7.39. The normalized spacial score (nSPS) is 11.5. The van der Waals surface area contributed by atoms with E-state index < -0.39 is 30.8 Å². The zero-order valence-corrected chi connectivity index (χ0v) is 14.8. The van der Waals surface area contributed by atoms with Crippen LogP contribution in [0.2, 0.25) is 10.0 Å². The number of aromatic nitrogens is 2. The van der Waals surface area contributed by atoms with Crippen molar-refractivity contribution in [2.45, 2.75) is 6.18 Å². The van der Waals surface area contributed by atoms with Crippen molar-refractivity contribution in [3.63, 3.8) is 0 Å². The molecule has 0 aliphatic carbocycles. The Hall–Kier alpha value is -1.81. The van der Waals surface area contributed by atoms with Crippen LogP contribution >= 0.6 is 23.2 Å². The molecule has 0 saturated carbocycles. The fourth-order valence-electron chi connectivity index (χ4n) is 2.14. The summed E-state index contributed by atoms with van der Waals surface area (Å²) in [5, 5.41) is 21.5. The molecular formula is C15H15Cl2F3N4O2. The smallest absolute Gasteiger partial charge is 0.395 e. The van der Waals surface area contributed by atoms with Crippen molar-refractivity contribution < 1.29 is 23.4 Å². The van der Waals surface area contributed by atoms with Gasteiger partial charge in [0.25, 0.3) is 0 Å². The fraction of sp³-hybridized carbons (Fsp3) is 0.333. The largest absolute Gasteiger partial charge is 0.421 e. The van der Waals surface area contributed by atoms with Crippen LogP contribution in [0.25, 0.3) is 0 Å². The summed E-state index contributed by atoms with van der Waals surface area (Å²) in [7, 11) is 0. The van der Waals surface area contributed by atoms with Gasteiger partial charge in [-0.15, -0.1) is 0 Å². The molecular weight excluding hydrogens is 396 g/mol.